The molecule has 0 fully saturated rings. The quantitative estimate of drug-likeness (QED) is 0.682. The molecule has 0 aliphatic rings. The van der Waals surface area contributed by atoms with Crippen molar-refractivity contribution in [2.24, 2.45) is 5.18 Å². The number of hydrogen-bond acceptors (Lipinski definition) is 4. The van der Waals surface area contributed by atoms with E-state index in [1.165, 1.54) is 22.7 Å². The average molecular weight is 299 g/mol. The molecule has 6 heteroatoms. The zero-order valence-electron chi connectivity index (χ0n) is 12.4. The van der Waals surface area contributed by atoms with Crippen molar-refractivity contribution in [3.8, 4) is 17.0 Å². The molecule has 0 atom stereocenters. The van der Waals surface area contributed by atoms with Gasteiger partial charge in [0.05, 0.1) is 7.11 Å². The molecule has 2 heterocycles. The number of imidazole rings is 1. The highest BCUT2D eigenvalue weighted by Crippen LogP contribution is 2.39. The van der Waals surface area contributed by atoms with Crippen LogP contribution in [0.3, 0.4) is 0 Å². The summed E-state index contributed by atoms with van der Waals surface area (Å²) in [7, 11) is 1.56. The van der Waals surface area contributed by atoms with Crippen LogP contribution in [-0.4, -0.2) is 16.5 Å². The lowest BCUT2D eigenvalue weighted by molar-refractivity contribution is 0.413. The molecule has 0 aliphatic carbocycles. The summed E-state index contributed by atoms with van der Waals surface area (Å²) in [6.45, 7) is 3.86. The molecule has 3 aromatic rings. The number of hydrogen-bond donors (Lipinski definition) is 0. The van der Waals surface area contributed by atoms with E-state index in [1.807, 2.05) is 26.0 Å². The molecule has 0 bridgehead atoms. The molecule has 0 saturated carbocycles. The first-order valence-corrected chi connectivity index (χ1v) is 6.71. The summed E-state index contributed by atoms with van der Waals surface area (Å²) in [6, 6.07) is 6.65. The lowest BCUT2D eigenvalue weighted by Crippen LogP contribution is -1.93. The Morgan fingerprint density at radius 1 is 1.27 bits per heavy atom. The molecule has 0 N–H and O–H groups in total. The second-order valence-corrected chi connectivity index (χ2v) is 5.11. The van der Waals surface area contributed by atoms with Gasteiger partial charge in [0.25, 0.3) is 0 Å². The highest BCUT2D eigenvalue weighted by molar-refractivity contribution is 5.80. The topological polar surface area (TPSA) is 56.0 Å². The molecule has 0 aliphatic heterocycles. The van der Waals surface area contributed by atoms with E-state index in [1.54, 1.807) is 7.11 Å². The third-order valence-corrected chi connectivity index (χ3v) is 3.52. The number of methoxy groups -OCH3 is 1. The lowest BCUT2D eigenvalue weighted by Gasteiger charge is -2.11. The molecule has 3 rings (SSSR count). The van der Waals surface area contributed by atoms with Crippen molar-refractivity contribution in [3.63, 3.8) is 0 Å². The Labute approximate surface area is 126 Å². The van der Waals surface area contributed by atoms with E-state index in [0.29, 0.717) is 22.7 Å². The van der Waals surface area contributed by atoms with Gasteiger partial charge in [-0.1, -0.05) is 6.07 Å². The van der Waals surface area contributed by atoms with Crippen molar-refractivity contribution >= 4 is 11.5 Å². The Morgan fingerprint density at radius 3 is 2.73 bits per heavy atom. The molecule has 0 saturated heterocycles. The van der Waals surface area contributed by atoms with Gasteiger partial charge < -0.3 is 4.74 Å². The zero-order chi connectivity index (χ0) is 15.9. The van der Waals surface area contributed by atoms with E-state index in [9.17, 15) is 9.30 Å². The SMILES string of the molecule is COc1c(C)cc(C)cc1-c1nc2ccc(F)cn2c1N=O. The fourth-order valence-electron chi connectivity index (χ4n) is 2.68. The van der Waals surface area contributed by atoms with Gasteiger partial charge in [-0.2, -0.15) is 0 Å². The summed E-state index contributed by atoms with van der Waals surface area (Å²) in [5, 5.41) is 3.04. The van der Waals surface area contributed by atoms with Crippen LogP contribution in [-0.2, 0) is 0 Å². The monoisotopic (exact) mass is 299 g/mol. The molecule has 5 nitrogen and oxygen atoms in total. The fourth-order valence-corrected chi connectivity index (χ4v) is 2.68. The Morgan fingerprint density at radius 2 is 2.05 bits per heavy atom. The number of pyridine rings is 1. The van der Waals surface area contributed by atoms with Crippen molar-refractivity contribution in [2.75, 3.05) is 7.11 Å². The molecule has 0 spiro atoms. The molecule has 0 amide bonds. The minimum absolute atomic E-state index is 0.0535. The summed E-state index contributed by atoms with van der Waals surface area (Å²) < 4.78 is 20.2. The van der Waals surface area contributed by atoms with Crippen LogP contribution in [0.1, 0.15) is 11.1 Å². The van der Waals surface area contributed by atoms with Crippen molar-refractivity contribution in [1.29, 1.82) is 0 Å². The summed E-state index contributed by atoms with van der Waals surface area (Å²) in [5.74, 6) is 0.214. The molecule has 0 unspecified atom stereocenters. The van der Waals surface area contributed by atoms with E-state index >= 15 is 0 Å². The fraction of sp³-hybridized carbons (Fsp3) is 0.188. The number of aryl methyl sites for hydroxylation is 2. The maximum Gasteiger partial charge on any atom is 0.209 e. The third-order valence-electron chi connectivity index (χ3n) is 3.52. The van der Waals surface area contributed by atoms with E-state index in [-0.39, 0.29) is 5.82 Å². The maximum atomic E-state index is 13.4. The smallest absolute Gasteiger partial charge is 0.209 e. The van der Waals surface area contributed by atoms with Gasteiger partial charge in [0, 0.05) is 11.8 Å². The summed E-state index contributed by atoms with van der Waals surface area (Å²) in [4.78, 5) is 15.7. The molecule has 0 radical (unpaired) electrons. The first-order valence-electron chi connectivity index (χ1n) is 6.71. The molecule has 2 aromatic heterocycles. The predicted octanol–water partition coefficient (Wildman–Crippen LogP) is 4.16. The highest BCUT2D eigenvalue weighted by Gasteiger charge is 2.20. The third kappa shape index (κ3) is 2.13. The van der Waals surface area contributed by atoms with Crippen molar-refractivity contribution < 1.29 is 9.13 Å². The van der Waals surface area contributed by atoms with Crippen molar-refractivity contribution in [2.45, 2.75) is 13.8 Å². The van der Waals surface area contributed by atoms with Crippen LogP contribution in [0.25, 0.3) is 16.9 Å². The normalized spacial score (nSPS) is 10.9. The largest absolute Gasteiger partial charge is 0.496 e. The summed E-state index contributed by atoms with van der Waals surface area (Å²) in [5.41, 5.74) is 3.43. The number of halogens is 1. The van der Waals surface area contributed by atoms with Crippen LogP contribution in [0.5, 0.6) is 5.75 Å². The second-order valence-electron chi connectivity index (χ2n) is 5.11. The van der Waals surface area contributed by atoms with Crippen LogP contribution >= 0.6 is 0 Å². The predicted molar refractivity (Wildman–Crippen MR) is 82.1 cm³/mol. The van der Waals surface area contributed by atoms with Gasteiger partial charge in [-0.25, -0.2) is 9.37 Å². The molecular formula is C16H14FN3O2. The van der Waals surface area contributed by atoms with Gasteiger partial charge in [0.1, 0.15) is 22.9 Å². The molecule has 1 aromatic carbocycles. The Kier molecular flexibility index (Phi) is 3.36. The number of nitrogens with zero attached hydrogens (tertiary/aromatic N) is 3. The van der Waals surface area contributed by atoms with Crippen LogP contribution in [0.15, 0.2) is 35.6 Å². The van der Waals surface area contributed by atoms with E-state index in [0.717, 1.165) is 11.1 Å². The van der Waals surface area contributed by atoms with Gasteiger partial charge in [-0.3, -0.25) is 4.40 Å². The van der Waals surface area contributed by atoms with Crippen molar-refractivity contribution in [1.82, 2.24) is 9.38 Å². The minimum atomic E-state index is -0.464. The average Bonchev–Trinajstić information content (AvgIpc) is 2.84. The molecule has 22 heavy (non-hydrogen) atoms. The van der Waals surface area contributed by atoms with E-state index in [2.05, 4.69) is 10.2 Å². The van der Waals surface area contributed by atoms with Crippen LogP contribution in [0.4, 0.5) is 10.2 Å². The van der Waals surface area contributed by atoms with Gasteiger partial charge in [0.15, 0.2) is 0 Å². The Hall–Kier alpha value is -2.76. The Balaban J connectivity index is 2.38. The number of benzene rings is 1. The van der Waals surface area contributed by atoms with Crippen LogP contribution in [0, 0.1) is 24.6 Å². The number of nitroso groups, excluding NO2 is 1. The standard InChI is InChI=1S/C16H14FN3O2/c1-9-6-10(2)15(22-3)12(7-9)14-16(19-21)20-8-11(17)4-5-13(20)18-14/h4-8H,1-3H3. The first-order chi connectivity index (χ1) is 10.5. The van der Waals surface area contributed by atoms with Crippen LogP contribution in [0.2, 0.25) is 0 Å². The number of fused-ring (bicyclic) bond motifs is 1. The van der Waals surface area contributed by atoms with Gasteiger partial charge in [-0.15, -0.1) is 4.91 Å². The minimum Gasteiger partial charge on any atom is -0.496 e. The summed E-state index contributed by atoms with van der Waals surface area (Å²) >= 11 is 0. The van der Waals surface area contributed by atoms with E-state index < -0.39 is 5.82 Å². The van der Waals surface area contributed by atoms with E-state index in [4.69, 9.17) is 4.74 Å². The highest BCUT2D eigenvalue weighted by atomic mass is 19.1. The van der Waals surface area contributed by atoms with Gasteiger partial charge in [-0.05, 0) is 48.4 Å². The number of aromatic nitrogens is 2. The molecular weight excluding hydrogens is 285 g/mol. The number of ether oxygens (including phenoxy) is 1. The number of rotatable bonds is 3. The maximum absolute atomic E-state index is 13.4. The summed E-state index contributed by atoms with van der Waals surface area (Å²) in [6.07, 6.45) is 1.19. The Bertz CT molecular complexity index is 887. The van der Waals surface area contributed by atoms with Gasteiger partial charge >= 0.3 is 0 Å². The van der Waals surface area contributed by atoms with Crippen molar-refractivity contribution in [3.05, 3.63) is 52.3 Å². The lowest BCUT2D eigenvalue weighted by atomic mass is 10.0. The zero-order valence-corrected chi connectivity index (χ0v) is 12.4. The second kappa shape index (κ2) is 5.22. The first kappa shape index (κ1) is 14.2. The van der Waals surface area contributed by atoms with Gasteiger partial charge in [0.2, 0.25) is 5.82 Å². The van der Waals surface area contributed by atoms with Crippen LogP contribution < -0.4 is 4.74 Å². The molecule has 112 valence electrons.